The molecule has 1 saturated heterocycles. The summed E-state index contributed by atoms with van der Waals surface area (Å²) in [5.41, 5.74) is 1.35. The average Bonchev–Trinajstić information content (AvgIpc) is 2.96. The van der Waals surface area contributed by atoms with Gasteiger partial charge in [-0.15, -0.1) is 0 Å². The van der Waals surface area contributed by atoms with E-state index in [0.717, 1.165) is 5.56 Å². The number of amides is 1. The maximum atomic E-state index is 12.8. The zero-order valence-corrected chi connectivity index (χ0v) is 17.6. The van der Waals surface area contributed by atoms with Gasteiger partial charge in [0.25, 0.3) is 5.91 Å². The molecular weight excluding hydrogens is 441 g/mol. The van der Waals surface area contributed by atoms with E-state index >= 15 is 0 Å². The molecule has 28 heavy (non-hydrogen) atoms. The number of hydrogen-bond acceptors (Lipinski definition) is 6. The van der Waals surface area contributed by atoms with Crippen LogP contribution in [0.4, 0.5) is 5.69 Å². The molecule has 3 rings (SSSR count). The van der Waals surface area contributed by atoms with Gasteiger partial charge in [0, 0.05) is 0 Å². The molecule has 2 aromatic carbocycles. The maximum Gasteiger partial charge on any atom is 0.343 e. The minimum absolute atomic E-state index is 0.168. The summed E-state index contributed by atoms with van der Waals surface area (Å²) < 4.78 is 10.2. The number of methoxy groups -OCH3 is 1. The normalized spacial score (nSPS) is 15.2. The van der Waals surface area contributed by atoms with Crippen LogP contribution < -0.4 is 9.64 Å². The molecule has 0 N–H and O–H groups in total. The molecule has 1 heterocycles. The molecule has 0 atom stereocenters. The Bertz CT molecular complexity index is 976. The van der Waals surface area contributed by atoms with Gasteiger partial charge >= 0.3 is 5.97 Å². The summed E-state index contributed by atoms with van der Waals surface area (Å²) in [6.45, 7) is -0.168. The van der Waals surface area contributed by atoms with Crippen molar-refractivity contribution < 1.29 is 19.1 Å². The number of rotatable bonds is 5. The fourth-order valence-electron chi connectivity index (χ4n) is 2.33. The molecule has 0 aromatic heterocycles. The van der Waals surface area contributed by atoms with E-state index in [1.54, 1.807) is 48.5 Å². The number of thiocarbonyl (C=S) groups is 1. The van der Waals surface area contributed by atoms with Crippen LogP contribution in [0.1, 0.15) is 5.56 Å². The second-order valence-corrected chi connectivity index (χ2v) is 8.04. The van der Waals surface area contributed by atoms with Crippen LogP contribution in [0, 0.1) is 0 Å². The molecule has 2 aromatic rings. The topological polar surface area (TPSA) is 55.8 Å². The van der Waals surface area contributed by atoms with Gasteiger partial charge < -0.3 is 9.47 Å². The first-order chi connectivity index (χ1) is 13.4. The SMILES string of the molecule is COC(=O)COc1ccc(/C=C2/SC(=S)N(c3ccc(Cl)c(Cl)c3)C2=O)cc1. The molecule has 1 aliphatic heterocycles. The Balaban J connectivity index is 1.76. The third-order valence-corrected chi connectivity index (χ3v) is 5.76. The van der Waals surface area contributed by atoms with Crippen LogP contribution in [0.25, 0.3) is 6.08 Å². The highest BCUT2D eigenvalue weighted by Gasteiger charge is 2.33. The van der Waals surface area contributed by atoms with Crippen LogP contribution >= 0.6 is 47.2 Å². The number of ether oxygens (including phenoxy) is 2. The van der Waals surface area contributed by atoms with Gasteiger partial charge in [-0.2, -0.15) is 0 Å². The zero-order valence-electron chi connectivity index (χ0n) is 14.5. The number of thioether (sulfide) groups is 1. The fraction of sp³-hybridized carbons (Fsp3) is 0.105. The predicted octanol–water partition coefficient (Wildman–Crippen LogP) is 4.95. The lowest BCUT2D eigenvalue weighted by molar-refractivity contribution is -0.142. The van der Waals surface area contributed by atoms with Crippen molar-refractivity contribution in [2.75, 3.05) is 18.6 Å². The molecule has 0 bridgehead atoms. The zero-order chi connectivity index (χ0) is 20.3. The summed E-state index contributed by atoms with van der Waals surface area (Å²) in [5.74, 6) is -0.180. The van der Waals surface area contributed by atoms with E-state index in [9.17, 15) is 9.59 Å². The quantitative estimate of drug-likeness (QED) is 0.362. The lowest BCUT2D eigenvalue weighted by atomic mass is 10.2. The Morgan fingerprint density at radius 2 is 1.89 bits per heavy atom. The van der Waals surface area contributed by atoms with Gasteiger partial charge in [-0.05, 0) is 42.0 Å². The average molecular weight is 454 g/mol. The molecule has 0 unspecified atom stereocenters. The first-order valence-corrected chi connectivity index (χ1v) is 9.90. The molecule has 0 spiro atoms. The predicted molar refractivity (Wildman–Crippen MR) is 116 cm³/mol. The highest BCUT2D eigenvalue weighted by molar-refractivity contribution is 8.27. The van der Waals surface area contributed by atoms with Gasteiger partial charge in [0.1, 0.15) is 5.75 Å². The molecule has 9 heteroatoms. The number of halogens is 2. The highest BCUT2D eigenvalue weighted by Crippen LogP contribution is 2.38. The summed E-state index contributed by atoms with van der Waals surface area (Å²) in [6, 6.07) is 11.9. The second-order valence-electron chi connectivity index (χ2n) is 5.55. The van der Waals surface area contributed by atoms with Crippen molar-refractivity contribution in [2.45, 2.75) is 0 Å². The van der Waals surface area contributed by atoms with Crippen molar-refractivity contribution in [1.29, 1.82) is 0 Å². The van der Waals surface area contributed by atoms with Gasteiger partial charge in [0.05, 0.1) is 27.7 Å². The number of benzene rings is 2. The monoisotopic (exact) mass is 453 g/mol. The van der Waals surface area contributed by atoms with Crippen LogP contribution in [0.5, 0.6) is 5.75 Å². The Labute approximate surface area is 181 Å². The van der Waals surface area contributed by atoms with E-state index in [-0.39, 0.29) is 12.5 Å². The highest BCUT2D eigenvalue weighted by atomic mass is 35.5. The summed E-state index contributed by atoms with van der Waals surface area (Å²) >= 11 is 18.5. The van der Waals surface area contributed by atoms with Crippen LogP contribution in [0.2, 0.25) is 10.0 Å². The minimum atomic E-state index is -0.463. The van der Waals surface area contributed by atoms with Crippen LogP contribution in [-0.4, -0.2) is 29.9 Å². The van der Waals surface area contributed by atoms with Crippen LogP contribution in [-0.2, 0) is 14.3 Å². The maximum absolute atomic E-state index is 12.8. The smallest absolute Gasteiger partial charge is 0.343 e. The molecule has 0 saturated carbocycles. The van der Waals surface area contributed by atoms with Crippen molar-refractivity contribution in [1.82, 2.24) is 0 Å². The number of nitrogens with zero attached hydrogens (tertiary/aromatic N) is 1. The van der Waals surface area contributed by atoms with Crippen molar-refractivity contribution in [3.8, 4) is 5.75 Å². The van der Waals surface area contributed by atoms with E-state index in [1.807, 2.05) is 0 Å². The third kappa shape index (κ3) is 4.67. The summed E-state index contributed by atoms with van der Waals surface area (Å²) in [5, 5.41) is 0.751. The number of hydrogen-bond donors (Lipinski definition) is 0. The van der Waals surface area contributed by atoms with Crippen LogP contribution in [0.3, 0.4) is 0 Å². The van der Waals surface area contributed by atoms with E-state index in [4.69, 9.17) is 40.2 Å². The summed E-state index contributed by atoms with van der Waals surface area (Å²) in [6.07, 6.45) is 1.74. The summed E-state index contributed by atoms with van der Waals surface area (Å²) in [7, 11) is 1.29. The van der Waals surface area contributed by atoms with E-state index in [0.29, 0.717) is 30.7 Å². The fourth-order valence-corrected chi connectivity index (χ4v) is 3.92. The molecule has 144 valence electrons. The largest absolute Gasteiger partial charge is 0.482 e. The minimum Gasteiger partial charge on any atom is -0.482 e. The van der Waals surface area contributed by atoms with Gasteiger partial charge in [0.15, 0.2) is 10.9 Å². The third-order valence-electron chi connectivity index (χ3n) is 3.72. The van der Waals surface area contributed by atoms with Gasteiger partial charge in [0.2, 0.25) is 0 Å². The molecular formula is C19H13Cl2NO4S2. The number of esters is 1. The second kappa shape index (κ2) is 8.96. The Kier molecular flexibility index (Phi) is 6.61. The molecule has 5 nitrogen and oxygen atoms in total. The number of carbonyl (C=O) groups excluding carboxylic acids is 2. The standard InChI is InChI=1S/C19H13Cl2NO4S2/c1-25-17(23)10-26-13-5-2-11(3-6-13)8-16-18(24)22(19(27)28-16)12-4-7-14(20)15(21)9-12/h2-9H,10H2,1H3/b16-8+. The molecule has 1 amide bonds. The number of carbonyl (C=O) groups is 2. The van der Waals surface area contributed by atoms with Crippen molar-refractivity contribution in [3.63, 3.8) is 0 Å². The van der Waals surface area contributed by atoms with E-state index in [2.05, 4.69) is 4.74 Å². The van der Waals surface area contributed by atoms with Gasteiger partial charge in [-0.1, -0.05) is 59.3 Å². The van der Waals surface area contributed by atoms with Crippen molar-refractivity contribution >= 4 is 75.1 Å². The first-order valence-electron chi connectivity index (χ1n) is 7.91. The molecule has 1 fully saturated rings. The Morgan fingerprint density at radius 1 is 1.18 bits per heavy atom. The molecule has 1 aliphatic rings. The van der Waals surface area contributed by atoms with Gasteiger partial charge in [-0.3, -0.25) is 9.69 Å². The molecule has 0 radical (unpaired) electrons. The molecule has 0 aliphatic carbocycles. The Hall–Kier alpha value is -2.06. The van der Waals surface area contributed by atoms with E-state index < -0.39 is 5.97 Å². The van der Waals surface area contributed by atoms with E-state index in [1.165, 1.54) is 23.8 Å². The first kappa shape index (κ1) is 20.7. The summed E-state index contributed by atoms with van der Waals surface area (Å²) in [4.78, 5) is 25.8. The van der Waals surface area contributed by atoms with Gasteiger partial charge in [-0.25, -0.2) is 4.79 Å². The number of anilines is 1. The lowest BCUT2D eigenvalue weighted by Crippen LogP contribution is -2.27. The van der Waals surface area contributed by atoms with Crippen molar-refractivity contribution in [2.24, 2.45) is 0 Å². The lowest BCUT2D eigenvalue weighted by Gasteiger charge is -2.15. The van der Waals surface area contributed by atoms with Crippen molar-refractivity contribution in [3.05, 3.63) is 63.0 Å². The Morgan fingerprint density at radius 3 is 2.54 bits per heavy atom. The van der Waals surface area contributed by atoms with Crippen LogP contribution in [0.15, 0.2) is 47.4 Å².